The average molecular weight is 305 g/mol. The Morgan fingerprint density at radius 1 is 1.33 bits per heavy atom. The summed E-state index contributed by atoms with van der Waals surface area (Å²) in [6, 6.07) is 2.79. The van der Waals surface area contributed by atoms with E-state index in [-0.39, 0.29) is 18.2 Å². The van der Waals surface area contributed by atoms with E-state index in [9.17, 15) is 17.6 Å². The molecule has 0 spiro atoms. The van der Waals surface area contributed by atoms with Crippen LogP contribution in [0.4, 0.5) is 17.6 Å². The molecule has 1 heterocycles. The molecule has 2 rings (SSSR count). The fourth-order valence-corrected chi connectivity index (χ4v) is 2.74. The van der Waals surface area contributed by atoms with Gasteiger partial charge in [-0.1, -0.05) is 13.0 Å². The lowest BCUT2D eigenvalue weighted by Crippen LogP contribution is -2.28. The largest absolute Gasteiger partial charge is 0.416 e. The summed E-state index contributed by atoms with van der Waals surface area (Å²) in [6.07, 6.45) is -2.55. The van der Waals surface area contributed by atoms with Crippen LogP contribution in [0.25, 0.3) is 0 Å². The molecule has 0 bridgehead atoms. The molecule has 0 amide bonds. The highest BCUT2D eigenvalue weighted by atomic mass is 19.4. The second-order valence-corrected chi connectivity index (χ2v) is 5.30. The van der Waals surface area contributed by atoms with Crippen LogP contribution in [0, 0.1) is 11.7 Å². The minimum absolute atomic E-state index is 0.0656. The van der Waals surface area contributed by atoms with E-state index in [0.717, 1.165) is 18.9 Å². The van der Waals surface area contributed by atoms with Crippen LogP contribution in [0.5, 0.6) is 0 Å². The standard InChI is InChI=1S/C15H19F4NO/c1-2-14-11(5-6-21-14)9-20-8-10-3-4-12(16)7-13(10)15(17,18)19/h3-4,7,11,14,20H,2,5-6,8-9H2,1H3. The average Bonchev–Trinajstić information content (AvgIpc) is 2.86. The summed E-state index contributed by atoms with van der Waals surface area (Å²) in [5, 5.41) is 3.04. The maximum atomic E-state index is 13.0. The van der Waals surface area contributed by atoms with Gasteiger partial charge in [0.15, 0.2) is 0 Å². The van der Waals surface area contributed by atoms with Crippen molar-refractivity contribution in [2.75, 3.05) is 13.2 Å². The van der Waals surface area contributed by atoms with Crippen molar-refractivity contribution in [3.05, 3.63) is 35.1 Å². The van der Waals surface area contributed by atoms with Crippen molar-refractivity contribution in [2.45, 2.75) is 38.6 Å². The van der Waals surface area contributed by atoms with Crippen LogP contribution in [-0.2, 0) is 17.5 Å². The van der Waals surface area contributed by atoms with Gasteiger partial charge in [-0.05, 0) is 36.5 Å². The third-order valence-corrected chi connectivity index (χ3v) is 3.85. The van der Waals surface area contributed by atoms with Crippen LogP contribution in [0.2, 0.25) is 0 Å². The van der Waals surface area contributed by atoms with Gasteiger partial charge in [0.2, 0.25) is 0 Å². The minimum Gasteiger partial charge on any atom is -0.378 e. The predicted molar refractivity (Wildman–Crippen MR) is 71.2 cm³/mol. The fourth-order valence-electron chi connectivity index (χ4n) is 2.74. The van der Waals surface area contributed by atoms with Crippen LogP contribution in [0.3, 0.4) is 0 Å². The molecule has 0 aliphatic carbocycles. The van der Waals surface area contributed by atoms with Gasteiger partial charge in [0, 0.05) is 19.7 Å². The van der Waals surface area contributed by atoms with Crippen LogP contribution in [0.15, 0.2) is 18.2 Å². The number of nitrogens with one attached hydrogen (secondary N) is 1. The van der Waals surface area contributed by atoms with Gasteiger partial charge >= 0.3 is 6.18 Å². The van der Waals surface area contributed by atoms with E-state index < -0.39 is 17.6 Å². The Morgan fingerprint density at radius 2 is 2.10 bits per heavy atom. The number of halogens is 4. The van der Waals surface area contributed by atoms with Gasteiger partial charge in [0.1, 0.15) is 5.82 Å². The van der Waals surface area contributed by atoms with Crippen molar-refractivity contribution in [1.82, 2.24) is 5.32 Å². The van der Waals surface area contributed by atoms with Crippen LogP contribution in [0.1, 0.15) is 30.9 Å². The molecule has 1 aromatic rings. The first kappa shape index (κ1) is 16.2. The van der Waals surface area contributed by atoms with E-state index in [1.807, 2.05) is 6.92 Å². The molecule has 1 N–H and O–H groups in total. The Bertz CT molecular complexity index is 475. The maximum absolute atomic E-state index is 13.0. The van der Waals surface area contributed by atoms with Gasteiger partial charge < -0.3 is 10.1 Å². The summed E-state index contributed by atoms with van der Waals surface area (Å²) in [5.41, 5.74) is -0.847. The third kappa shape index (κ3) is 4.17. The van der Waals surface area contributed by atoms with E-state index in [4.69, 9.17) is 4.74 Å². The van der Waals surface area contributed by atoms with Crippen molar-refractivity contribution < 1.29 is 22.3 Å². The molecule has 6 heteroatoms. The predicted octanol–water partition coefficient (Wildman–Crippen LogP) is 3.75. The SMILES string of the molecule is CCC1OCCC1CNCc1ccc(F)cc1C(F)(F)F. The van der Waals surface area contributed by atoms with E-state index in [0.29, 0.717) is 25.1 Å². The maximum Gasteiger partial charge on any atom is 0.416 e. The lowest BCUT2D eigenvalue weighted by Gasteiger charge is -2.18. The molecule has 1 aromatic carbocycles. The molecule has 2 unspecified atom stereocenters. The highest BCUT2D eigenvalue weighted by molar-refractivity contribution is 5.30. The summed E-state index contributed by atoms with van der Waals surface area (Å²) in [7, 11) is 0. The molecular formula is C15H19F4NO. The Kier molecular flexibility index (Phi) is 5.22. The van der Waals surface area contributed by atoms with E-state index in [1.165, 1.54) is 6.07 Å². The van der Waals surface area contributed by atoms with Crippen molar-refractivity contribution in [1.29, 1.82) is 0 Å². The van der Waals surface area contributed by atoms with Gasteiger partial charge in [0.05, 0.1) is 11.7 Å². The number of hydrogen-bond donors (Lipinski definition) is 1. The quantitative estimate of drug-likeness (QED) is 0.837. The van der Waals surface area contributed by atoms with Crippen molar-refractivity contribution in [3.8, 4) is 0 Å². The number of ether oxygens (including phenoxy) is 1. The lowest BCUT2D eigenvalue weighted by molar-refractivity contribution is -0.138. The third-order valence-electron chi connectivity index (χ3n) is 3.85. The zero-order chi connectivity index (χ0) is 15.5. The van der Waals surface area contributed by atoms with Crippen molar-refractivity contribution in [2.24, 2.45) is 5.92 Å². The normalized spacial score (nSPS) is 22.7. The van der Waals surface area contributed by atoms with E-state index in [2.05, 4.69) is 5.32 Å². The molecule has 1 aliphatic rings. The highest BCUT2D eigenvalue weighted by Crippen LogP contribution is 2.32. The van der Waals surface area contributed by atoms with E-state index in [1.54, 1.807) is 0 Å². The summed E-state index contributed by atoms with van der Waals surface area (Å²) in [4.78, 5) is 0. The summed E-state index contributed by atoms with van der Waals surface area (Å²) >= 11 is 0. The number of alkyl halides is 3. The first-order valence-electron chi connectivity index (χ1n) is 7.09. The Hall–Kier alpha value is -1.14. The Labute approximate surface area is 121 Å². The minimum atomic E-state index is -4.54. The monoisotopic (exact) mass is 305 g/mol. The zero-order valence-corrected chi connectivity index (χ0v) is 11.8. The van der Waals surface area contributed by atoms with Gasteiger partial charge in [-0.25, -0.2) is 4.39 Å². The van der Waals surface area contributed by atoms with Gasteiger partial charge in [-0.2, -0.15) is 13.2 Å². The Morgan fingerprint density at radius 3 is 2.76 bits per heavy atom. The molecule has 0 radical (unpaired) electrons. The number of rotatable bonds is 5. The van der Waals surface area contributed by atoms with Crippen LogP contribution in [-0.4, -0.2) is 19.3 Å². The van der Waals surface area contributed by atoms with Crippen LogP contribution >= 0.6 is 0 Å². The van der Waals surface area contributed by atoms with Gasteiger partial charge in [0.25, 0.3) is 0 Å². The molecule has 1 aliphatic heterocycles. The second-order valence-electron chi connectivity index (χ2n) is 5.30. The molecule has 1 fully saturated rings. The number of hydrogen-bond acceptors (Lipinski definition) is 2. The molecule has 21 heavy (non-hydrogen) atoms. The zero-order valence-electron chi connectivity index (χ0n) is 11.8. The molecular weight excluding hydrogens is 286 g/mol. The summed E-state index contributed by atoms with van der Waals surface area (Å²) in [5.74, 6) is -0.550. The first-order chi connectivity index (χ1) is 9.91. The molecule has 0 aromatic heterocycles. The highest BCUT2D eigenvalue weighted by Gasteiger charge is 2.33. The van der Waals surface area contributed by atoms with E-state index >= 15 is 0 Å². The fraction of sp³-hybridized carbons (Fsp3) is 0.600. The Balaban J connectivity index is 1.97. The molecule has 1 saturated heterocycles. The van der Waals surface area contributed by atoms with Crippen molar-refractivity contribution >= 4 is 0 Å². The number of benzene rings is 1. The van der Waals surface area contributed by atoms with Gasteiger partial charge in [-0.3, -0.25) is 0 Å². The summed E-state index contributed by atoms with van der Waals surface area (Å²) < 4.78 is 57.1. The second kappa shape index (κ2) is 6.75. The molecule has 0 saturated carbocycles. The van der Waals surface area contributed by atoms with Gasteiger partial charge in [-0.15, -0.1) is 0 Å². The molecule has 118 valence electrons. The summed E-state index contributed by atoms with van der Waals surface area (Å²) in [6.45, 7) is 3.41. The lowest BCUT2D eigenvalue weighted by atomic mass is 9.99. The molecule has 2 nitrogen and oxygen atoms in total. The van der Waals surface area contributed by atoms with Crippen molar-refractivity contribution in [3.63, 3.8) is 0 Å². The molecule has 2 atom stereocenters. The first-order valence-corrected chi connectivity index (χ1v) is 7.09. The topological polar surface area (TPSA) is 21.3 Å². The van der Waals surface area contributed by atoms with Crippen LogP contribution < -0.4 is 5.32 Å². The smallest absolute Gasteiger partial charge is 0.378 e.